The number of nitrogens with zero attached hydrogens (tertiary/aromatic N) is 4. The highest BCUT2D eigenvalue weighted by molar-refractivity contribution is 9.10. The summed E-state index contributed by atoms with van der Waals surface area (Å²) >= 11 is 3.42. The molecule has 0 saturated heterocycles. The lowest BCUT2D eigenvalue weighted by Crippen LogP contribution is -2.18. The maximum absolute atomic E-state index is 12.8. The molecule has 7 nitrogen and oxygen atoms in total. The van der Waals surface area contributed by atoms with E-state index in [2.05, 4.69) is 41.6 Å². The van der Waals surface area contributed by atoms with E-state index in [4.69, 9.17) is 0 Å². The topological polar surface area (TPSA) is 84.7 Å². The number of hydrogen-bond acceptors (Lipinski definition) is 5. The second-order valence-electron chi connectivity index (χ2n) is 7.01. The summed E-state index contributed by atoms with van der Waals surface area (Å²) < 4.78 is 40.1. The number of fused-ring (bicyclic) bond motifs is 2. The van der Waals surface area contributed by atoms with Crippen molar-refractivity contribution in [2.45, 2.75) is 38.4 Å². The first kappa shape index (κ1) is 20.6. The molecule has 1 aromatic carbocycles. The Morgan fingerprint density at radius 3 is 2.83 bits per heavy atom. The molecule has 1 amide bonds. The fourth-order valence-electron chi connectivity index (χ4n) is 3.44. The Hall–Kier alpha value is -2.69. The summed E-state index contributed by atoms with van der Waals surface area (Å²) in [7, 11) is 0. The van der Waals surface area contributed by atoms with Crippen LogP contribution in [0, 0.1) is 0 Å². The van der Waals surface area contributed by atoms with Crippen molar-refractivity contribution in [2.24, 2.45) is 0 Å². The van der Waals surface area contributed by atoms with E-state index in [1.54, 1.807) is 16.9 Å². The minimum atomic E-state index is -4.29. The van der Waals surface area contributed by atoms with Gasteiger partial charge in [-0.1, -0.05) is 22.9 Å². The predicted octanol–water partition coefficient (Wildman–Crippen LogP) is 4.45. The van der Waals surface area contributed by atoms with Gasteiger partial charge < -0.3 is 10.6 Å². The molecule has 0 radical (unpaired) electrons. The minimum Gasteiger partial charge on any atom is -0.354 e. The molecule has 30 heavy (non-hydrogen) atoms. The minimum absolute atomic E-state index is 0.0137. The Morgan fingerprint density at radius 2 is 2.10 bits per heavy atom. The summed E-state index contributed by atoms with van der Waals surface area (Å²) in [5.74, 6) is -0.960. The Balaban J connectivity index is 1.79. The number of aryl methyl sites for hydroxylation is 1. The summed E-state index contributed by atoms with van der Waals surface area (Å²) in [5.41, 5.74) is 2.15. The van der Waals surface area contributed by atoms with Crippen molar-refractivity contribution in [1.82, 2.24) is 19.7 Å². The number of anilines is 2. The normalized spacial score (nSPS) is 16.0. The van der Waals surface area contributed by atoms with E-state index in [-0.39, 0.29) is 18.4 Å². The zero-order valence-corrected chi connectivity index (χ0v) is 17.5. The van der Waals surface area contributed by atoms with Crippen molar-refractivity contribution in [1.29, 1.82) is 0 Å². The van der Waals surface area contributed by atoms with Crippen molar-refractivity contribution in [3.63, 3.8) is 0 Å². The van der Waals surface area contributed by atoms with E-state index in [0.717, 1.165) is 16.5 Å². The molecule has 1 atom stereocenters. The van der Waals surface area contributed by atoms with Gasteiger partial charge in [-0.15, -0.1) is 0 Å². The Kier molecular flexibility index (Phi) is 5.39. The van der Waals surface area contributed by atoms with Crippen molar-refractivity contribution in [3.8, 4) is 0 Å². The van der Waals surface area contributed by atoms with Crippen LogP contribution in [0.3, 0.4) is 0 Å². The number of alkyl halides is 3. The molecule has 0 spiro atoms. The number of halogens is 4. The van der Waals surface area contributed by atoms with Gasteiger partial charge in [-0.25, -0.2) is 4.98 Å². The molecule has 2 N–H and O–H groups in total. The maximum atomic E-state index is 12.8. The van der Waals surface area contributed by atoms with E-state index in [9.17, 15) is 18.0 Å². The van der Waals surface area contributed by atoms with Gasteiger partial charge in [-0.2, -0.15) is 23.3 Å². The predicted molar refractivity (Wildman–Crippen MR) is 109 cm³/mol. The van der Waals surface area contributed by atoms with Gasteiger partial charge in [0.2, 0.25) is 11.9 Å². The van der Waals surface area contributed by atoms with E-state index in [0.29, 0.717) is 29.0 Å². The number of carbonyl (C=O) groups is 1. The summed E-state index contributed by atoms with van der Waals surface area (Å²) in [6, 6.07) is 5.44. The first-order valence-electron chi connectivity index (χ1n) is 9.41. The van der Waals surface area contributed by atoms with Crippen LogP contribution in [0.2, 0.25) is 0 Å². The summed E-state index contributed by atoms with van der Waals surface area (Å²) in [6.45, 7) is 2.27. The highest BCUT2D eigenvalue weighted by Crippen LogP contribution is 2.40. The molecule has 158 valence electrons. The lowest BCUT2D eigenvalue weighted by Gasteiger charge is -2.12. The van der Waals surface area contributed by atoms with E-state index in [1.807, 2.05) is 19.1 Å². The van der Waals surface area contributed by atoms with Crippen LogP contribution in [-0.4, -0.2) is 38.4 Å². The van der Waals surface area contributed by atoms with Crippen LogP contribution in [0.1, 0.15) is 36.9 Å². The molecule has 11 heteroatoms. The molecular weight excluding hydrogens is 465 g/mol. The quantitative estimate of drug-likeness (QED) is 0.542. The first-order valence-corrected chi connectivity index (χ1v) is 10.2. The van der Waals surface area contributed by atoms with E-state index >= 15 is 0 Å². The highest BCUT2D eigenvalue weighted by Gasteiger charge is 2.35. The molecule has 1 unspecified atom stereocenters. The van der Waals surface area contributed by atoms with Gasteiger partial charge >= 0.3 is 6.18 Å². The average Bonchev–Trinajstić information content (AvgIpc) is 3.20. The highest BCUT2D eigenvalue weighted by atomic mass is 79.9. The van der Waals surface area contributed by atoms with Crippen molar-refractivity contribution in [2.75, 3.05) is 17.2 Å². The van der Waals surface area contributed by atoms with Crippen molar-refractivity contribution < 1.29 is 18.0 Å². The monoisotopic (exact) mass is 482 g/mol. The third-order valence-corrected chi connectivity index (χ3v) is 5.21. The standard InChI is InChI=1S/C19H18BrF3N6O/c1-2-7-29-9-12-15(14-11-8-10(20)3-4-13(11)25-17(14)30)26-18(27-16(12)28-29)24-6-5-19(21,22)23/h3-4,8-9,14H,2,5-7H2,1H3,(H,25,30)(H,24,27,28). The second kappa shape index (κ2) is 7.86. The van der Waals surface area contributed by atoms with E-state index < -0.39 is 18.5 Å². The van der Waals surface area contributed by atoms with Crippen LogP contribution in [0.4, 0.5) is 24.8 Å². The number of benzene rings is 1. The molecule has 1 aliphatic heterocycles. The van der Waals surface area contributed by atoms with Gasteiger partial charge in [-0.05, 0) is 30.2 Å². The number of hydrogen-bond donors (Lipinski definition) is 2. The molecule has 0 fully saturated rings. The fourth-order valence-corrected chi connectivity index (χ4v) is 3.82. The molecule has 2 aromatic heterocycles. The Labute approximate surface area is 178 Å². The number of aromatic nitrogens is 4. The number of rotatable bonds is 6. The van der Waals surface area contributed by atoms with Crippen LogP contribution in [-0.2, 0) is 11.3 Å². The van der Waals surface area contributed by atoms with Crippen LogP contribution in [0.25, 0.3) is 11.0 Å². The third-order valence-electron chi connectivity index (χ3n) is 4.72. The SMILES string of the molecule is CCCn1cc2c(C3C(=O)Nc4ccc(Br)cc43)nc(NCCC(F)(F)F)nc2n1. The molecule has 4 rings (SSSR count). The molecule has 0 aliphatic carbocycles. The molecule has 3 heterocycles. The van der Waals surface area contributed by atoms with Crippen LogP contribution >= 0.6 is 15.9 Å². The molecule has 0 bridgehead atoms. The lowest BCUT2D eigenvalue weighted by molar-refractivity contribution is -0.131. The van der Waals surface area contributed by atoms with Gasteiger partial charge in [-0.3, -0.25) is 9.48 Å². The fraction of sp³-hybridized carbons (Fsp3) is 0.368. The van der Waals surface area contributed by atoms with E-state index in [1.165, 1.54) is 0 Å². The Morgan fingerprint density at radius 1 is 1.30 bits per heavy atom. The van der Waals surface area contributed by atoms with Gasteiger partial charge in [0.25, 0.3) is 0 Å². The lowest BCUT2D eigenvalue weighted by atomic mass is 9.95. The number of carbonyl (C=O) groups excluding carboxylic acids is 1. The van der Waals surface area contributed by atoms with Gasteiger partial charge in [0.05, 0.1) is 17.5 Å². The van der Waals surface area contributed by atoms with Crippen molar-refractivity contribution >= 4 is 44.5 Å². The van der Waals surface area contributed by atoms with Crippen LogP contribution in [0.15, 0.2) is 28.9 Å². The zero-order chi connectivity index (χ0) is 21.5. The zero-order valence-electron chi connectivity index (χ0n) is 15.9. The molecule has 0 saturated carbocycles. The summed E-state index contributed by atoms with van der Waals surface area (Å²) in [5, 5.41) is 10.5. The smallest absolute Gasteiger partial charge is 0.354 e. The third kappa shape index (κ3) is 4.11. The van der Waals surface area contributed by atoms with Gasteiger partial charge in [0.1, 0.15) is 5.92 Å². The molecule has 3 aromatic rings. The molecule has 1 aliphatic rings. The largest absolute Gasteiger partial charge is 0.390 e. The second-order valence-corrected chi connectivity index (χ2v) is 7.92. The molecular formula is C19H18BrF3N6O. The summed E-state index contributed by atoms with van der Waals surface area (Å²) in [6.07, 6.45) is -2.70. The van der Waals surface area contributed by atoms with Crippen molar-refractivity contribution in [3.05, 3.63) is 40.1 Å². The maximum Gasteiger partial charge on any atom is 0.390 e. The van der Waals surface area contributed by atoms with Crippen LogP contribution in [0.5, 0.6) is 0 Å². The first-order chi connectivity index (χ1) is 14.2. The number of amides is 1. The van der Waals surface area contributed by atoms with Gasteiger partial charge in [0, 0.05) is 29.4 Å². The Bertz CT molecular complexity index is 1110. The summed E-state index contributed by atoms with van der Waals surface area (Å²) in [4.78, 5) is 21.5. The number of nitrogens with one attached hydrogen (secondary N) is 2. The average molecular weight is 483 g/mol. The van der Waals surface area contributed by atoms with Crippen LogP contribution < -0.4 is 10.6 Å². The van der Waals surface area contributed by atoms with Gasteiger partial charge in [0.15, 0.2) is 5.65 Å².